The van der Waals surface area contributed by atoms with Gasteiger partial charge in [-0.3, -0.25) is 4.79 Å². The number of halogens is 1. The monoisotopic (exact) mass is 481 g/mol. The average molecular weight is 482 g/mol. The Hall–Kier alpha value is -3.61. The van der Waals surface area contributed by atoms with Crippen molar-refractivity contribution in [2.24, 2.45) is 5.73 Å². The minimum absolute atomic E-state index is 0.0843. The summed E-state index contributed by atoms with van der Waals surface area (Å²) >= 11 is 3.31. The molecule has 5 N–H and O–H groups in total. The normalized spacial score (nSPS) is 11.3. The van der Waals surface area contributed by atoms with E-state index in [0.29, 0.717) is 34.1 Å². The third-order valence-corrected chi connectivity index (χ3v) is 4.66. The summed E-state index contributed by atoms with van der Waals surface area (Å²) in [5.41, 5.74) is 8.11. The molecule has 0 spiro atoms. The molecule has 9 heteroatoms. The number of aromatic nitrogens is 2. The molecule has 0 aliphatic rings. The molecule has 0 saturated carbocycles. The average Bonchev–Trinajstić information content (AvgIpc) is 2.76. The molecule has 0 radical (unpaired) electrons. The zero-order valence-electron chi connectivity index (χ0n) is 16.4. The van der Waals surface area contributed by atoms with Crippen LogP contribution in [0.25, 0.3) is 0 Å². The lowest BCUT2D eigenvalue weighted by Gasteiger charge is -2.14. The van der Waals surface area contributed by atoms with Gasteiger partial charge in [0, 0.05) is 11.4 Å². The molecule has 1 amide bonds. The molecular formula is C22H20BrN5O3. The number of amides is 1. The van der Waals surface area contributed by atoms with Gasteiger partial charge in [0.2, 0.25) is 17.7 Å². The summed E-state index contributed by atoms with van der Waals surface area (Å²) in [6, 6.07) is 12.9. The maximum atomic E-state index is 12.5. The highest BCUT2D eigenvalue weighted by molar-refractivity contribution is 9.10. The number of nitrogens with two attached hydrogens (primary N) is 1. The summed E-state index contributed by atoms with van der Waals surface area (Å²) in [7, 11) is 0. The van der Waals surface area contributed by atoms with Crippen LogP contribution in [0.4, 0.5) is 17.3 Å². The Kier molecular flexibility index (Phi) is 7.43. The van der Waals surface area contributed by atoms with Crippen LogP contribution in [-0.2, 0) is 11.2 Å². The van der Waals surface area contributed by atoms with Crippen molar-refractivity contribution >= 4 is 39.2 Å². The minimum atomic E-state index is -0.744. The largest absolute Gasteiger partial charge is 0.508 e. The van der Waals surface area contributed by atoms with Gasteiger partial charge < -0.3 is 26.2 Å². The van der Waals surface area contributed by atoms with Crippen LogP contribution in [0, 0.1) is 12.3 Å². The molecule has 0 unspecified atom stereocenters. The first-order chi connectivity index (χ1) is 14.9. The molecule has 1 atom stereocenters. The van der Waals surface area contributed by atoms with Crippen molar-refractivity contribution in [2.75, 3.05) is 17.2 Å². The third-order valence-electron chi connectivity index (χ3n) is 4.12. The van der Waals surface area contributed by atoms with Crippen LogP contribution in [0.3, 0.4) is 0 Å². The summed E-state index contributed by atoms with van der Waals surface area (Å²) in [6.07, 6.45) is 7.11. The lowest BCUT2D eigenvalue weighted by atomic mass is 10.1. The number of carbonyl (C=O) groups is 1. The fourth-order valence-corrected chi connectivity index (χ4v) is 2.95. The van der Waals surface area contributed by atoms with E-state index in [0.717, 1.165) is 5.56 Å². The van der Waals surface area contributed by atoms with E-state index >= 15 is 0 Å². The Morgan fingerprint density at radius 2 is 2.00 bits per heavy atom. The van der Waals surface area contributed by atoms with Crippen LogP contribution in [0.1, 0.15) is 5.56 Å². The van der Waals surface area contributed by atoms with Crippen molar-refractivity contribution in [1.82, 2.24) is 9.97 Å². The van der Waals surface area contributed by atoms with Gasteiger partial charge in [-0.1, -0.05) is 24.1 Å². The molecule has 0 fully saturated rings. The Morgan fingerprint density at radius 3 is 2.74 bits per heavy atom. The summed E-state index contributed by atoms with van der Waals surface area (Å²) in [4.78, 5) is 20.9. The van der Waals surface area contributed by atoms with Gasteiger partial charge in [0.05, 0.1) is 16.7 Å². The predicted octanol–water partition coefficient (Wildman–Crippen LogP) is 3.21. The highest BCUT2D eigenvalue weighted by Gasteiger charge is 2.15. The summed E-state index contributed by atoms with van der Waals surface area (Å²) < 4.78 is 5.94. The van der Waals surface area contributed by atoms with Gasteiger partial charge in [-0.05, 0) is 58.2 Å². The maximum Gasteiger partial charge on any atom is 0.241 e. The van der Waals surface area contributed by atoms with Crippen molar-refractivity contribution in [3.8, 4) is 24.0 Å². The van der Waals surface area contributed by atoms with Crippen molar-refractivity contribution in [3.05, 3.63) is 64.8 Å². The van der Waals surface area contributed by atoms with Crippen molar-refractivity contribution in [1.29, 1.82) is 0 Å². The van der Waals surface area contributed by atoms with E-state index in [1.807, 2.05) is 0 Å². The smallest absolute Gasteiger partial charge is 0.241 e. The van der Waals surface area contributed by atoms with Gasteiger partial charge in [-0.25, -0.2) is 4.98 Å². The van der Waals surface area contributed by atoms with Gasteiger partial charge in [0.15, 0.2) is 6.61 Å². The van der Waals surface area contributed by atoms with Crippen LogP contribution >= 0.6 is 15.9 Å². The molecule has 1 aromatic heterocycles. The van der Waals surface area contributed by atoms with E-state index in [9.17, 15) is 9.90 Å². The first-order valence-electron chi connectivity index (χ1n) is 9.25. The van der Waals surface area contributed by atoms with Gasteiger partial charge in [0.1, 0.15) is 5.75 Å². The van der Waals surface area contributed by atoms with Gasteiger partial charge in [0.25, 0.3) is 0 Å². The first kappa shape index (κ1) is 22.1. The molecule has 8 nitrogen and oxygen atoms in total. The molecule has 0 aliphatic carbocycles. The number of aromatic hydroxyl groups is 1. The highest BCUT2D eigenvalue weighted by atomic mass is 79.9. The van der Waals surface area contributed by atoms with E-state index < -0.39 is 6.04 Å². The zero-order valence-corrected chi connectivity index (χ0v) is 18.0. The third kappa shape index (κ3) is 6.44. The summed E-state index contributed by atoms with van der Waals surface area (Å²) in [5, 5.41) is 15.2. The van der Waals surface area contributed by atoms with E-state index in [1.54, 1.807) is 54.7 Å². The lowest BCUT2D eigenvalue weighted by molar-refractivity contribution is -0.117. The summed E-state index contributed by atoms with van der Waals surface area (Å²) in [5.74, 6) is 2.85. The minimum Gasteiger partial charge on any atom is -0.508 e. The molecule has 158 valence electrons. The molecule has 2 aromatic carbocycles. The van der Waals surface area contributed by atoms with Gasteiger partial charge in [-0.2, -0.15) is 4.98 Å². The fourth-order valence-electron chi connectivity index (χ4n) is 2.64. The number of phenolic OH excluding ortho intramolecular Hbond substituents is 1. The van der Waals surface area contributed by atoms with Crippen LogP contribution in [0.15, 0.2) is 59.2 Å². The second-order valence-electron chi connectivity index (χ2n) is 6.51. The molecule has 3 rings (SSSR count). The van der Waals surface area contributed by atoms with E-state index in [2.05, 4.69) is 42.5 Å². The Balaban J connectivity index is 1.64. The molecule has 0 aliphatic heterocycles. The topological polar surface area (TPSA) is 122 Å². The molecule has 31 heavy (non-hydrogen) atoms. The molecular weight excluding hydrogens is 462 g/mol. The number of carbonyl (C=O) groups excluding carboxylic acids is 1. The number of nitrogens with one attached hydrogen (secondary N) is 2. The molecule has 1 heterocycles. The Morgan fingerprint density at radius 1 is 1.26 bits per heavy atom. The Bertz CT molecular complexity index is 1100. The SMILES string of the molecule is C#CCOc1nc(Nc2cccc(NC(=O)[C@@H](N)Cc3ccc(O)cc3)c2)ncc1Br. The number of hydrogen-bond acceptors (Lipinski definition) is 7. The van der Waals surface area contributed by atoms with E-state index in [-0.39, 0.29) is 18.3 Å². The van der Waals surface area contributed by atoms with Crippen LogP contribution in [0.5, 0.6) is 11.6 Å². The number of hydrogen-bond donors (Lipinski definition) is 4. The van der Waals surface area contributed by atoms with Crippen LogP contribution in [-0.4, -0.2) is 33.6 Å². The van der Waals surface area contributed by atoms with E-state index in [1.165, 1.54) is 0 Å². The molecule has 3 aromatic rings. The Labute approximate surface area is 188 Å². The fraction of sp³-hybridized carbons (Fsp3) is 0.136. The number of benzene rings is 2. The van der Waals surface area contributed by atoms with Crippen LogP contribution < -0.4 is 21.1 Å². The second-order valence-corrected chi connectivity index (χ2v) is 7.37. The predicted molar refractivity (Wildman–Crippen MR) is 122 cm³/mol. The first-order valence-corrected chi connectivity index (χ1v) is 10.0. The van der Waals surface area contributed by atoms with Crippen molar-refractivity contribution in [3.63, 3.8) is 0 Å². The quantitative estimate of drug-likeness (QED) is 0.364. The van der Waals surface area contributed by atoms with E-state index in [4.69, 9.17) is 16.9 Å². The number of terminal acetylenes is 1. The number of ether oxygens (including phenoxy) is 1. The van der Waals surface area contributed by atoms with Crippen molar-refractivity contribution in [2.45, 2.75) is 12.5 Å². The zero-order chi connectivity index (χ0) is 22.2. The number of anilines is 3. The van der Waals surface area contributed by atoms with Crippen molar-refractivity contribution < 1.29 is 14.6 Å². The standard InChI is InChI=1S/C22H20BrN5O3/c1-2-10-31-21-18(23)13-25-22(28-21)27-16-5-3-4-15(12-16)26-20(30)19(24)11-14-6-8-17(29)9-7-14/h1,3-9,12-13,19,29H,10-11,24H2,(H,26,30)(H,25,27,28)/t19-/m0/s1. The lowest BCUT2D eigenvalue weighted by Crippen LogP contribution is -2.37. The van der Waals surface area contributed by atoms with Crippen LogP contribution in [0.2, 0.25) is 0 Å². The van der Waals surface area contributed by atoms with Gasteiger partial charge in [-0.15, -0.1) is 6.42 Å². The molecule has 0 saturated heterocycles. The maximum absolute atomic E-state index is 12.5. The second kappa shape index (κ2) is 10.4. The number of rotatable bonds is 8. The summed E-state index contributed by atoms with van der Waals surface area (Å²) in [6.45, 7) is 0.0843. The number of phenols is 1. The number of nitrogens with zero attached hydrogens (tertiary/aromatic N) is 2. The highest BCUT2D eigenvalue weighted by Crippen LogP contribution is 2.25. The molecule has 0 bridgehead atoms. The van der Waals surface area contributed by atoms with Gasteiger partial charge >= 0.3 is 0 Å².